The SMILES string of the molecule is CCCC(=O)N(Cc1ccccc1OC)C1CC1. The van der Waals surface area contributed by atoms with Gasteiger partial charge in [0.25, 0.3) is 0 Å². The number of hydrogen-bond acceptors (Lipinski definition) is 2. The summed E-state index contributed by atoms with van der Waals surface area (Å²) in [6, 6.07) is 8.39. The van der Waals surface area contributed by atoms with Crippen LogP contribution in [0.25, 0.3) is 0 Å². The molecule has 98 valence electrons. The summed E-state index contributed by atoms with van der Waals surface area (Å²) in [5, 5.41) is 0. The number of para-hydroxylation sites is 1. The molecule has 3 nitrogen and oxygen atoms in total. The van der Waals surface area contributed by atoms with E-state index in [1.807, 2.05) is 36.1 Å². The average Bonchev–Trinajstić information content (AvgIpc) is 3.21. The predicted octanol–water partition coefficient (Wildman–Crippen LogP) is 2.99. The van der Waals surface area contributed by atoms with Gasteiger partial charge in [-0.05, 0) is 25.3 Å². The molecule has 18 heavy (non-hydrogen) atoms. The number of methoxy groups -OCH3 is 1. The van der Waals surface area contributed by atoms with Crippen LogP contribution in [0.15, 0.2) is 24.3 Å². The third kappa shape index (κ3) is 3.03. The molecule has 1 aliphatic carbocycles. The van der Waals surface area contributed by atoms with E-state index in [2.05, 4.69) is 0 Å². The first-order chi connectivity index (χ1) is 8.76. The Morgan fingerprint density at radius 3 is 2.72 bits per heavy atom. The van der Waals surface area contributed by atoms with Gasteiger partial charge in [0.05, 0.1) is 7.11 Å². The van der Waals surface area contributed by atoms with Crippen LogP contribution < -0.4 is 4.74 Å². The number of nitrogens with zero attached hydrogens (tertiary/aromatic N) is 1. The molecule has 1 aliphatic rings. The van der Waals surface area contributed by atoms with Crippen LogP contribution in [0.3, 0.4) is 0 Å². The van der Waals surface area contributed by atoms with Crippen LogP contribution in [0.2, 0.25) is 0 Å². The molecule has 1 amide bonds. The van der Waals surface area contributed by atoms with Crippen molar-refractivity contribution in [2.75, 3.05) is 7.11 Å². The van der Waals surface area contributed by atoms with Crippen molar-refractivity contribution in [3.05, 3.63) is 29.8 Å². The van der Waals surface area contributed by atoms with E-state index in [9.17, 15) is 4.79 Å². The standard InChI is InChI=1S/C15H21NO2/c1-3-6-15(17)16(13-9-10-13)11-12-7-4-5-8-14(12)18-2/h4-5,7-8,13H,3,6,9-11H2,1-2H3. The summed E-state index contributed by atoms with van der Waals surface area (Å²) in [6.45, 7) is 2.72. The Bertz CT molecular complexity index is 413. The summed E-state index contributed by atoms with van der Waals surface area (Å²) in [5.41, 5.74) is 1.09. The maximum Gasteiger partial charge on any atom is 0.223 e. The minimum absolute atomic E-state index is 0.269. The van der Waals surface area contributed by atoms with Crippen molar-refractivity contribution in [3.8, 4) is 5.75 Å². The highest BCUT2D eigenvalue weighted by Gasteiger charge is 2.32. The molecular formula is C15H21NO2. The van der Waals surface area contributed by atoms with Crippen molar-refractivity contribution in [1.82, 2.24) is 4.90 Å². The lowest BCUT2D eigenvalue weighted by Gasteiger charge is -2.23. The van der Waals surface area contributed by atoms with Crippen LogP contribution in [-0.4, -0.2) is 24.0 Å². The lowest BCUT2D eigenvalue weighted by Crippen LogP contribution is -2.32. The number of hydrogen-bond donors (Lipinski definition) is 0. The molecule has 1 aromatic rings. The van der Waals surface area contributed by atoms with Gasteiger partial charge >= 0.3 is 0 Å². The highest BCUT2D eigenvalue weighted by Crippen LogP contribution is 2.30. The van der Waals surface area contributed by atoms with Gasteiger partial charge in [-0.3, -0.25) is 4.79 Å². The van der Waals surface area contributed by atoms with Gasteiger partial charge in [0.2, 0.25) is 5.91 Å². The quantitative estimate of drug-likeness (QED) is 0.773. The smallest absolute Gasteiger partial charge is 0.223 e. The molecule has 1 fully saturated rings. The van der Waals surface area contributed by atoms with Crippen molar-refractivity contribution >= 4 is 5.91 Å². The zero-order valence-corrected chi connectivity index (χ0v) is 11.2. The maximum atomic E-state index is 12.1. The number of ether oxygens (including phenoxy) is 1. The zero-order valence-electron chi connectivity index (χ0n) is 11.2. The fourth-order valence-electron chi connectivity index (χ4n) is 2.18. The Morgan fingerprint density at radius 2 is 2.11 bits per heavy atom. The van der Waals surface area contributed by atoms with Crippen molar-refractivity contribution in [2.45, 2.75) is 45.2 Å². The van der Waals surface area contributed by atoms with E-state index in [0.29, 0.717) is 19.0 Å². The summed E-state index contributed by atoms with van der Waals surface area (Å²) in [5.74, 6) is 1.14. The first-order valence-corrected chi connectivity index (χ1v) is 6.67. The highest BCUT2D eigenvalue weighted by molar-refractivity contribution is 5.76. The molecule has 0 N–H and O–H groups in total. The molecule has 3 heteroatoms. The Morgan fingerprint density at radius 1 is 1.39 bits per heavy atom. The molecule has 1 saturated carbocycles. The van der Waals surface area contributed by atoms with E-state index in [-0.39, 0.29) is 5.91 Å². The number of benzene rings is 1. The molecule has 0 aromatic heterocycles. The lowest BCUT2D eigenvalue weighted by molar-refractivity contribution is -0.132. The van der Waals surface area contributed by atoms with E-state index in [1.165, 1.54) is 0 Å². The fourth-order valence-corrected chi connectivity index (χ4v) is 2.18. The number of carbonyl (C=O) groups is 1. The molecular weight excluding hydrogens is 226 g/mol. The summed E-state index contributed by atoms with van der Waals surface area (Å²) in [6.07, 6.45) is 3.84. The third-order valence-electron chi connectivity index (χ3n) is 3.31. The van der Waals surface area contributed by atoms with Gasteiger partial charge in [0, 0.05) is 24.6 Å². The topological polar surface area (TPSA) is 29.5 Å². The monoisotopic (exact) mass is 247 g/mol. The highest BCUT2D eigenvalue weighted by atomic mass is 16.5. The molecule has 0 saturated heterocycles. The summed E-state index contributed by atoms with van der Waals surface area (Å²) in [4.78, 5) is 14.1. The Labute approximate surface area is 109 Å². The van der Waals surface area contributed by atoms with Gasteiger partial charge in [-0.2, -0.15) is 0 Å². The van der Waals surface area contributed by atoms with Crippen molar-refractivity contribution in [2.24, 2.45) is 0 Å². The zero-order chi connectivity index (χ0) is 13.0. The second kappa shape index (κ2) is 5.89. The van der Waals surface area contributed by atoms with Crippen molar-refractivity contribution in [3.63, 3.8) is 0 Å². The summed E-state index contributed by atoms with van der Waals surface area (Å²) >= 11 is 0. The maximum absolute atomic E-state index is 12.1. The molecule has 0 bridgehead atoms. The molecule has 0 aliphatic heterocycles. The van der Waals surface area contributed by atoms with E-state index in [4.69, 9.17) is 4.74 Å². The number of carbonyl (C=O) groups excluding carboxylic acids is 1. The molecule has 0 radical (unpaired) electrons. The van der Waals surface area contributed by atoms with Crippen LogP contribution in [0.4, 0.5) is 0 Å². The second-order valence-corrected chi connectivity index (χ2v) is 4.81. The van der Waals surface area contributed by atoms with Crippen molar-refractivity contribution < 1.29 is 9.53 Å². The van der Waals surface area contributed by atoms with Gasteiger partial charge in [0.1, 0.15) is 5.75 Å². The van der Waals surface area contributed by atoms with E-state index >= 15 is 0 Å². The third-order valence-corrected chi connectivity index (χ3v) is 3.31. The second-order valence-electron chi connectivity index (χ2n) is 4.81. The van der Waals surface area contributed by atoms with Gasteiger partial charge < -0.3 is 9.64 Å². The fraction of sp³-hybridized carbons (Fsp3) is 0.533. The number of rotatable bonds is 6. The Balaban J connectivity index is 2.10. The average molecular weight is 247 g/mol. The van der Waals surface area contributed by atoms with Crippen LogP contribution in [0.5, 0.6) is 5.75 Å². The normalized spacial score (nSPS) is 14.3. The van der Waals surface area contributed by atoms with Crippen LogP contribution in [0, 0.1) is 0 Å². The molecule has 2 rings (SSSR count). The van der Waals surface area contributed by atoms with Crippen LogP contribution in [0.1, 0.15) is 38.2 Å². The summed E-state index contributed by atoms with van der Waals surface area (Å²) in [7, 11) is 1.67. The van der Waals surface area contributed by atoms with Gasteiger partial charge in [0.15, 0.2) is 0 Å². The van der Waals surface area contributed by atoms with Gasteiger partial charge in [-0.15, -0.1) is 0 Å². The van der Waals surface area contributed by atoms with Crippen molar-refractivity contribution in [1.29, 1.82) is 0 Å². The van der Waals surface area contributed by atoms with Gasteiger partial charge in [-0.25, -0.2) is 0 Å². The molecule has 0 unspecified atom stereocenters. The first kappa shape index (κ1) is 12.9. The van der Waals surface area contributed by atoms with E-state index in [0.717, 1.165) is 30.6 Å². The summed E-state index contributed by atoms with van der Waals surface area (Å²) < 4.78 is 5.35. The lowest BCUT2D eigenvalue weighted by atomic mass is 10.1. The van der Waals surface area contributed by atoms with Gasteiger partial charge in [-0.1, -0.05) is 25.1 Å². The largest absolute Gasteiger partial charge is 0.496 e. The number of amides is 1. The Kier molecular flexibility index (Phi) is 4.24. The van der Waals surface area contributed by atoms with Crippen LogP contribution in [-0.2, 0) is 11.3 Å². The molecule has 0 heterocycles. The molecule has 0 atom stereocenters. The van der Waals surface area contributed by atoms with E-state index < -0.39 is 0 Å². The molecule has 1 aromatic carbocycles. The van der Waals surface area contributed by atoms with Crippen LogP contribution >= 0.6 is 0 Å². The first-order valence-electron chi connectivity index (χ1n) is 6.67. The predicted molar refractivity (Wildman–Crippen MR) is 71.5 cm³/mol. The molecule has 0 spiro atoms. The minimum atomic E-state index is 0.269. The Hall–Kier alpha value is -1.51. The van der Waals surface area contributed by atoms with E-state index in [1.54, 1.807) is 7.11 Å². The minimum Gasteiger partial charge on any atom is -0.496 e.